The van der Waals surface area contributed by atoms with E-state index in [9.17, 15) is 8.60 Å². The maximum Gasteiger partial charge on any atom is 0.131 e. The molecule has 0 aliphatic carbocycles. The van der Waals surface area contributed by atoms with E-state index in [1.807, 2.05) is 30.3 Å². The first kappa shape index (κ1) is 25.4. The number of hydrogen-bond acceptors (Lipinski definition) is 6. The van der Waals surface area contributed by atoms with Gasteiger partial charge in [0.05, 0.1) is 34.0 Å². The lowest BCUT2D eigenvalue weighted by Crippen LogP contribution is -2.28. The van der Waals surface area contributed by atoms with E-state index in [4.69, 9.17) is 21.3 Å². The zero-order chi connectivity index (χ0) is 26.1. The van der Waals surface area contributed by atoms with Crippen LogP contribution in [0.2, 0.25) is 0 Å². The summed E-state index contributed by atoms with van der Waals surface area (Å²) in [6, 6.07) is 18.3. The molecule has 1 unspecified atom stereocenters. The number of nitrogens with zero attached hydrogens (tertiary/aromatic N) is 3. The maximum absolute atomic E-state index is 13.6. The molecule has 2 atom stereocenters. The third-order valence-electron chi connectivity index (χ3n) is 7.15. The van der Waals surface area contributed by atoms with Crippen LogP contribution in [0.3, 0.4) is 0 Å². The average molecular weight is 522 g/mol. The lowest BCUT2D eigenvalue weighted by atomic mass is 9.86. The van der Waals surface area contributed by atoms with Crippen molar-refractivity contribution >= 4 is 38.4 Å². The van der Waals surface area contributed by atoms with Gasteiger partial charge in [-0.3, -0.25) is 9.19 Å². The molecule has 9 heteroatoms. The predicted molar refractivity (Wildman–Crippen MR) is 147 cm³/mol. The summed E-state index contributed by atoms with van der Waals surface area (Å²) in [5, 5.41) is 2.30. The van der Waals surface area contributed by atoms with Crippen LogP contribution in [0.25, 0.3) is 27.6 Å². The van der Waals surface area contributed by atoms with Crippen molar-refractivity contribution in [3.05, 3.63) is 77.6 Å². The van der Waals surface area contributed by atoms with Crippen molar-refractivity contribution in [2.75, 3.05) is 33.2 Å². The Morgan fingerprint density at radius 1 is 1.19 bits per heavy atom. The summed E-state index contributed by atoms with van der Waals surface area (Å²) in [4.78, 5) is 5.58. The summed E-state index contributed by atoms with van der Waals surface area (Å²) in [6.45, 7) is 0.589. The number of hydrazine groups is 1. The van der Waals surface area contributed by atoms with E-state index in [2.05, 4.69) is 28.8 Å². The van der Waals surface area contributed by atoms with Crippen molar-refractivity contribution in [1.82, 2.24) is 14.6 Å². The van der Waals surface area contributed by atoms with Crippen molar-refractivity contribution in [2.24, 2.45) is 17.5 Å². The minimum atomic E-state index is -1.15. The van der Waals surface area contributed by atoms with Gasteiger partial charge in [-0.2, -0.15) is 0 Å². The first-order valence-corrected chi connectivity index (χ1v) is 13.9. The van der Waals surface area contributed by atoms with Crippen LogP contribution in [-0.4, -0.2) is 52.0 Å². The summed E-state index contributed by atoms with van der Waals surface area (Å²) in [5.74, 6) is 6.39. The highest BCUT2D eigenvalue weighted by Crippen LogP contribution is 2.41. The SMILES string of the molecule is CN(N)/C(=C(\N)CF)c1cnc2c3ccc(S(C)=O)cc3n([C@H](c3ccccc3)C3CCOCC3)c2c1. The number of hydrogen-bond donors (Lipinski definition) is 2. The Kier molecular flexibility index (Phi) is 7.28. The molecule has 7 nitrogen and oxygen atoms in total. The summed E-state index contributed by atoms with van der Waals surface area (Å²) in [6.07, 6.45) is 5.20. The first-order valence-electron chi connectivity index (χ1n) is 12.3. The molecule has 4 N–H and O–H groups in total. The number of nitrogens with two attached hydrogens (primary N) is 2. The van der Waals surface area contributed by atoms with Gasteiger partial charge in [0.1, 0.15) is 6.67 Å². The quantitative estimate of drug-likeness (QED) is 0.277. The Morgan fingerprint density at radius 3 is 2.57 bits per heavy atom. The Labute approximate surface area is 218 Å². The van der Waals surface area contributed by atoms with E-state index >= 15 is 0 Å². The van der Waals surface area contributed by atoms with Gasteiger partial charge in [0.25, 0.3) is 0 Å². The van der Waals surface area contributed by atoms with Crippen molar-refractivity contribution in [2.45, 2.75) is 23.8 Å². The molecular formula is C28H32FN5O2S. The fraction of sp³-hybridized carbons (Fsp3) is 0.321. The molecule has 1 aliphatic rings. The summed E-state index contributed by atoms with van der Waals surface area (Å²) in [7, 11) is 0.489. The minimum absolute atomic E-state index is 0.00995. The zero-order valence-corrected chi connectivity index (χ0v) is 21.9. The van der Waals surface area contributed by atoms with Gasteiger partial charge >= 0.3 is 0 Å². The topological polar surface area (TPSA) is 99.4 Å². The molecule has 0 bridgehead atoms. The number of halogens is 1. The zero-order valence-electron chi connectivity index (χ0n) is 21.1. The van der Waals surface area contributed by atoms with Crippen molar-refractivity contribution in [1.29, 1.82) is 0 Å². The smallest absolute Gasteiger partial charge is 0.131 e. The van der Waals surface area contributed by atoms with Gasteiger partial charge in [-0.25, -0.2) is 10.2 Å². The highest BCUT2D eigenvalue weighted by Gasteiger charge is 2.30. The molecule has 0 radical (unpaired) electrons. The van der Waals surface area contributed by atoms with E-state index in [-0.39, 0.29) is 11.7 Å². The summed E-state index contributed by atoms with van der Waals surface area (Å²) in [5.41, 5.74) is 10.9. The molecular weight excluding hydrogens is 489 g/mol. The fourth-order valence-electron chi connectivity index (χ4n) is 5.49. The number of pyridine rings is 1. The van der Waals surface area contributed by atoms with E-state index in [0.29, 0.717) is 30.4 Å². The first-order chi connectivity index (χ1) is 17.9. The number of alkyl halides is 1. The second-order valence-electron chi connectivity index (χ2n) is 9.52. The van der Waals surface area contributed by atoms with E-state index < -0.39 is 17.5 Å². The van der Waals surface area contributed by atoms with Gasteiger partial charge in [-0.05, 0) is 48.6 Å². The highest BCUT2D eigenvalue weighted by molar-refractivity contribution is 7.84. The average Bonchev–Trinajstić information content (AvgIpc) is 3.22. The lowest BCUT2D eigenvalue weighted by Gasteiger charge is -2.33. The molecule has 0 amide bonds. The van der Waals surface area contributed by atoms with Crippen LogP contribution in [0.5, 0.6) is 0 Å². The Bertz CT molecular complexity index is 1480. The van der Waals surface area contributed by atoms with E-state index in [1.54, 1.807) is 19.5 Å². The van der Waals surface area contributed by atoms with Crippen LogP contribution >= 0.6 is 0 Å². The van der Waals surface area contributed by atoms with Gasteiger partial charge in [0, 0.05) is 59.4 Å². The highest BCUT2D eigenvalue weighted by atomic mass is 32.2. The van der Waals surface area contributed by atoms with E-state index in [1.165, 1.54) is 10.6 Å². The standard InChI is InChI=1S/C28H32FN5O2S/c1-33(31)28(23(30)16-29)20-14-25-26(32-17-20)22-9-8-21(37(2)35)15-24(22)34(25)27(18-6-4-3-5-7-18)19-10-12-36-13-11-19/h3-9,14-15,17,19,27H,10-13,16,30-31H2,1-2H3/b28-23-/t27-,37?/m1/s1. The normalized spacial score (nSPS) is 17.1. The molecule has 37 heavy (non-hydrogen) atoms. The number of ether oxygens (including phenoxy) is 1. The van der Waals surface area contributed by atoms with Crippen LogP contribution in [-0.2, 0) is 15.5 Å². The second kappa shape index (κ2) is 10.6. The molecule has 194 valence electrons. The van der Waals surface area contributed by atoms with Crippen LogP contribution in [0.4, 0.5) is 4.39 Å². The predicted octanol–water partition coefficient (Wildman–Crippen LogP) is 4.35. The monoisotopic (exact) mass is 521 g/mol. The molecule has 0 saturated carbocycles. The molecule has 3 heterocycles. The number of fused-ring (bicyclic) bond motifs is 3. The number of rotatable bonds is 7. The second-order valence-corrected chi connectivity index (χ2v) is 10.9. The number of allylic oxidation sites excluding steroid dienone is 1. The molecule has 1 aliphatic heterocycles. The molecule has 5 rings (SSSR count). The van der Waals surface area contributed by atoms with Crippen LogP contribution in [0.1, 0.15) is 30.0 Å². The fourth-order valence-corrected chi connectivity index (χ4v) is 6.02. The molecule has 1 fully saturated rings. The van der Waals surface area contributed by atoms with E-state index in [0.717, 1.165) is 39.7 Å². The molecule has 0 spiro atoms. The largest absolute Gasteiger partial charge is 0.398 e. The van der Waals surface area contributed by atoms with Crippen molar-refractivity contribution in [3.63, 3.8) is 0 Å². The molecule has 2 aromatic carbocycles. The Balaban J connectivity index is 1.86. The van der Waals surface area contributed by atoms with Gasteiger partial charge in [0.2, 0.25) is 0 Å². The van der Waals surface area contributed by atoms with Crippen LogP contribution in [0, 0.1) is 5.92 Å². The number of aromatic nitrogens is 2. The van der Waals surface area contributed by atoms with Gasteiger partial charge in [-0.1, -0.05) is 30.3 Å². The summed E-state index contributed by atoms with van der Waals surface area (Å²) >= 11 is 0. The Morgan fingerprint density at radius 2 is 1.92 bits per heavy atom. The summed E-state index contributed by atoms with van der Waals surface area (Å²) < 4.78 is 34.1. The maximum atomic E-state index is 13.6. The number of benzene rings is 2. The van der Waals surface area contributed by atoms with Gasteiger partial charge in [-0.15, -0.1) is 0 Å². The van der Waals surface area contributed by atoms with Gasteiger partial charge in [0.15, 0.2) is 0 Å². The molecule has 4 aromatic rings. The van der Waals surface area contributed by atoms with Crippen LogP contribution < -0.4 is 11.6 Å². The molecule has 1 saturated heterocycles. The van der Waals surface area contributed by atoms with Crippen molar-refractivity contribution < 1.29 is 13.3 Å². The Hall–Kier alpha value is -3.27. The van der Waals surface area contributed by atoms with Gasteiger partial charge < -0.3 is 20.0 Å². The third-order valence-corrected chi connectivity index (χ3v) is 8.07. The third kappa shape index (κ3) is 4.74. The molecule has 2 aromatic heterocycles. The van der Waals surface area contributed by atoms with Crippen molar-refractivity contribution in [3.8, 4) is 0 Å². The lowest BCUT2D eigenvalue weighted by molar-refractivity contribution is 0.0553. The van der Waals surface area contributed by atoms with Crippen LogP contribution in [0.15, 0.2) is 71.4 Å². The minimum Gasteiger partial charge on any atom is -0.398 e.